The van der Waals surface area contributed by atoms with Gasteiger partial charge in [0.25, 0.3) is 11.8 Å². The monoisotopic (exact) mass is 392 g/mol. The molecule has 0 aliphatic heterocycles. The summed E-state index contributed by atoms with van der Waals surface area (Å²) in [5.41, 5.74) is 19.3. The van der Waals surface area contributed by atoms with Gasteiger partial charge >= 0.3 is 0 Å². The van der Waals surface area contributed by atoms with Crippen LogP contribution in [0.25, 0.3) is 0 Å². The largest absolute Gasteiger partial charge is 0.366 e. The zero-order valence-electron chi connectivity index (χ0n) is 15.6. The summed E-state index contributed by atoms with van der Waals surface area (Å²) in [4.78, 5) is 26.0. The summed E-state index contributed by atoms with van der Waals surface area (Å²) < 4.78 is 14.2. The molecule has 6 nitrogen and oxygen atoms in total. The minimum Gasteiger partial charge on any atom is -0.366 e. The fraction of sp³-hybridized carbons (Fsp3) is 0.0909. The molecular formula is C22H21FN4O2. The normalized spacial score (nSPS) is 10.6. The lowest BCUT2D eigenvalue weighted by molar-refractivity contribution is 0.0984. The van der Waals surface area contributed by atoms with Gasteiger partial charge in [0.05, 0.1) is 5.56 Å². The average Bonchev–Trinajstić information content (AvgIpc) is 2.74. The number of nitrogens with two attached hydrogens (primary N) is 3. The molecule has 0 saturated heterocycles. The number of nitrogens with zero attached hydrogens (tertiary/aromatic N) is 1. The van der Waals surface area contributed by atoms with Crippen molar-refractivity contribution in [1.29, 1.82) is 0 Å². The molecule has 0 aromatic heterocycles. The Bertz CT molecular complexity index is 986. The van der Waals surface area contributed by atoms with Gasteiger partial charge in [0.15, 0.2) is 0 Å². The van der Waals surface area contributed by atoms with Gasteiger partial charge in [-0.2, -0.15) is 0 Å². The molecule has 3 rings (SSSR count). The van der Waals surface area contributed by atoms with Crippen LogP contribution in [0.5, 0.6) is 0 Å². The van der Waals surface area contributed by atoms with Crippen LogP contribution < -0.4 is 22.1 Å². The molecular weight excluding hydrogens is 371 g/mol. The third-order valence-corrected chi connectivity index (χ3v) is 4.55. The van der Waals surface area contributed by atoms with E-state index in [2.05, 4.69) is 0 Å². The third-order valence-electron chi connectivity index (χ3n) is 4.55. The molecule has 0 unspecified atom stereocenters. The van der Waals surface area contributed by atoms with Crippen LogP contribution in [0.4, 0.5) is 15.8 Å². The Balaban J connectivity index is 2.06. The van der Waals surface area contributed by atoms with Gasteiger partial charge in [-0.25, -0.2) is 4.39 Å². The van der Waals surface area contributed by atoms with Gasteiger partial charge in [-0.3, -0.25) is 14.5 Å². The predicted octanol–water partition coefficient (Wildman–Crippen LogP) is 2.82. The number of carbonyl (C=O) groups is 2. The fourth-order valence-electron chi connectivity index (χ4n) is 2.92. The van der Waals surface area contributed by atoms with Crippen molar-refractivity contribution in [2.24, 2.45) is 17.2 Å². The first-order valence-corrected chi connectivity index (χ1v) is 8.96. The molecule has 3 aromatic rings. The van der Waals surface area contributed by atoms with E-state index in [-0.39, 0.29) is 11.1 Å². The molecule has 29 heavy (non-hydrogen) atoms. The van der Waals surface area contributed by atoms with Crippen LogP contribution in [0.15, 0.2) is 66.7 Å². The van der Waals surface area contributed by atoms with E-state index in [1.54, 1.807) is 24.3 Å². The summed E-state index contributed by atoms with van der Waals surface area (Å²) in [5.74, 6) is -2.20. The molecule has 0 bridgehead atoms. The van der Waals surface area contributed by atoms with Crippen molar-refractivity contribution in [1.82, 2.24) is 0 Å². The fourth-order valence-corrected chi connectivity index (χ4v) is 2.92. The summed E-state index contributed by atoms with van der Waals surface area (Å²) in [7, 11) is 0. The Morgan fingerprint density at radius 2 is 1.28 bits per heavy atom. The van der Waals surface area contributed by atoms with E-state index in [4.69, 9.17) is 17.2 Å². The molecule has 0 heterocycles. The lowest BCUT2D eigenvalue weighted by atomic mass is 10.1. The topological polar surface area (TPSA) is 115 Å². The molecule has 2 amide bonds. The molecule has 0 aliphatic rings. The van der Waals surface area contributed by atoms with Crippen molar-refractivity contribution in [2.75, 3.05) is 4.90 Å². The second kappa shape index (κ2) is 8.64. The average molecular weight is 392 g/mol. The summed E-state index contributed by atoms with van der Waals surface area (Å²) in [5, 5.41) is 0. The van der Waals surface area contributed by atoms with E-state index in [9.17, 15) is 14.0 Å². The van der Waals surface area contributed by atoms with Crippen molar-refractivity contribution in [3.05, 3.63) is 94.8 Å². The number of hydrogen-bond donors (Lipinski definition) is 3. The Hall–Kier alpha value is -3.55. The minimum absolute atomic E-state index is 0.0818. The first kappa shape index (κ1) is 20.2. The molecule has 0 aliphatic carbocycles. The Morgan fingerprint density at radius 1 is 0.793 bits per heavy atom. The summed E-state index contributed by atoms with van der Waals surface area (Å²) in [6, 6.07) is 18.0. The number of benzene rings is 3. The van der Waals surface area contributed by atoms with E-state index < -0.39 is 17.6 Å². The lowest BCUT2D eigenvalue weighted by Crippen LogP contribution is -2.26. The second-order valence-electron chi connectivity index (χ2n) is 6.44. The van der Waals surface area contributed by atoms with Crippen molar-refractivity contribution in [2.45, 2.75) is 13.1 Å². The van der Waals surface area contributed by atoms with Gasteiger partial charge in [-0.15, -0.1) is 0 Å². The highest BCUT2D eigenvalue weighted by Crippen LogP contribution is 2.29. The highest BCUT2D eigenvalue weighted by Gasteiger charge is 2.22. The number of rotatable bonds is 6. The number of carbonyl (C=O) groups excluding carboxylic acids is 2. The van der Waals surface area contributed by atoms with Crippen molar-refractivity contribution in [3.8, 4) is 0 Å². The van der Waals surface area contributed by atoms with Gasteiger partial charge in [0, 0.05) is 30.0 Å². The molecule has 0 saturated carbocycles. The number of anilines is 2. The third kappa shape index (κ3) is 4.31. The maximum Gasteiger partial charge on any atom is 0.262 e. The van der Waals surface area contributed by atoms with Crippen LogP contribution in [0.1, 0.15) is 31.8 Å². The van der Waals surface area contributed by atoms with Gasteiger partial charge in [-0.1, -0.05) is 24.3 Å². The molecule has 0 atom stereocenters. The maximum absolute atomic E-state index is 14.2. The molecule has 0 radical (unpaired) electrons. The van der Waals surface area contributed by atoms with Crippen LogP contribution in [0, 0.1) is 5.82 Å². The van der Waals surface area contributed by atoms with Crippen molar-refractivity contribution >= 4 is 23.2 Å². The number of hydrogen-bond acceptors (Lipinski definition) is 4. The highest BCUT2D eigenvalue weighted by atomic mass is 19.1. The quantitative estimate of drug-likeness (QED) is 0.598. The maximum atomic E-state index is 14.2. The first-order chi connectivity index (χ1) is 13.9. The van der Waals surface area contributed by atoms with Gasteiger partial charge in [0.1, 0.15) is 5.82 Å². The molecule has 0 spiro atoms. The molecule has 148 valence electrons. The summed E-state index contributed by atoms with van der Waals surface area (Å²) in [6.45, 7) is 0.748. The summed E-state index contributed by atoms with van der Waals surface area (Å²) >= 11 is 0. The van der Waals surface area contributed by atoms with E-state index in [1.807, 2.05) is 24.3 Å². The van der Waals surface area contributed by atoms with Crippen molar-refractivity contribution < 1.29 is 14.0 Å². The van der Waals surface area contributed by atoms with E-state index in [0.717, 1.165) is 17.2 Å². The molecule has 0 fully saturated rings. The number of amides is 2. The lowest BCUT2D eigenvalue weighted by Gasteiger charge is -2.24. The Kier molecular flexibility index (Phi) is 6.01. The molecule has 7 heteroatoms. The van der Waals surface area contributed by atoms with Crippen LogP contribution in [0.3, 0.4) is 0 Å². The standard InChI is InChI=1S/C22H21FN4O2/c23-20-11-16(5-10-19(20)21(26)28)22(29)27(17-6-1-14(12-24)2-7-17)18-8-3-15(13-25)4-9-18/h1-11H,12-13,24-25H2,(H2,26,28). The smallest absolute Gasteiger partial charge is 0.262 e. The van der Waals surface area contributed by atoms with E-state index in [1.165, 1.54) is 17.0 Å². The van der Waals surface area contributed by atoms with Crippen LogP contribution >= 0.6 is 0 Å². The predicted molar refractivity (Wildman–Crippen MR) is 110 cm³/mol. The highest BCUT2D eigenvalue weighted by molar-refractivity contribution is 6.11. The van der Waals surface area contributed by atoms with E-state index in [0.29, 0.717) is 24.5 Å². The SMILES string of the molecule is NCc1ccc(N(C(=O)c2ccc(C(N)=O)c(F)c2)c2ccc(CN)cc2)cc1. The van der Waals surface area contributed by atoms with E-state index >= 15 is 0 Å². The van der Waals surface area contributed by atoms with Crippen LogP contribution in [-0.2, 0) is 13.1 Å². The van der Waals surface area contributed by atoms with Gasteiger partial charge < -0.3 is 17.2 Å². The Morgan fingerprint density at radius 3 is 1.66 bits per heavy atom. The number of halogens is 1. The van der Waals surface area contributed by atoms with Gasteiger partial charge in [-0.05, 0) is 53.6 Å². The van der Waals surface area contributed by atoms with Crippen molar-refractivity contribution in [3.63, 3.8) is 0 Å². The summed E-state index contributed by atoms with van der Waals surface area (Å²) in [6.07, 6.45) is 0. The number of primary amides is 1. The molecule has 3 aromatic carbocycles. The van der Waals surface area contributed by atoms with Crippen LogP contribution in [0.2, 0.25) is 0 Å². The first-order valence-electron chi connectivity index (χ1n) is 8.96. The Labute approximate surface area is 167 Å². The second-order valence-corrected chi connectivity index (χ2v) is 6.44. The molecule has 6 N–H and O–H groups in total. The minimum atomic E-state index is -0.895. The zero-order valence-corrected chi connectivity index (χ0v) is 15.6. The van der Waals surface area contributed by atoms with Gasteiger partial charge in [0.2, 0.25) is 0 Å². The van der Waals surface area contributed by atoms with Crippen LogP contribution in [-0.4, -0.2) is 11.8 Å². The zero-order chi connectivity index (χ0) is 21.0.